The van der Waals surface area contributed by atoms with Crippen LogP contribution in [0.3, 0.4) is 0 Å². The second-order valence-corrected chi connectivity index (χ2v) is 6.68. The van der Waals surface area contributed by atoms with Gasteiger partial charge in [-0.1, -0.05) is 0 Å². The molecular formula is C18H27Cl2Zr. The van der Waals surface area contributed by atoms with E-state index in [1.807, 2.05) is 0 Å². The molecule has 0 aromatic rings. The molecule has 0 radical (unpaired) electrons. The summed E-state index contributed by atoms with van der Waals surface area (Å²) in [6.45, 7) is 9.39. The van der Waals surface area contributed by atoms with Crippen molar-refractivity contribution >= 4 is 24.8 Å². The number of halogens is 2. The van der Waals surface area contributed by atoms with Crippen molar-refractivity contribution in [3.05, 3.63) is 43.8 Å². The van der Waals surface area contributed by atoms with Crippen LogP contribution in [0, 0.1) is 5.41 Å². The van der Waals surface area contributed by atoms with Gasteiger partial charge >= 0.3 is 134 Å². The van der Waals surface area contributed by atoms with Gasteiger partial charge in [-0.05, 0) is 0 Å². The zero-order chi connectivity index (χ0) is 14.0. The van der Waals surface area contributed by atoms with E-state index >= 15 is 0 Å². The van der Waals surface area contributed by atoms with Crippen LogP contribution in [-0.4, -0.2) is 0 Å². The topological polar surface area (TPSA) is 0 Å². The molecule has 0 aromatic carbocycles. The van der Waals surface area contributed by atoms with E-state index in [-0.39, 0.29) is 30.2 Å². The van der Waals surface area contributed by atoms with Crippen LogP contribution in [0.15, 0.2) is 43.8 Å². The maximum absolute atomic E-state index is 2.38. The Bertz CT molecular complexity index is 497. The average molecular weight is 406 g/mol. The van der Waals surface area contributed by atoms with Crippen molar-refractivity contribution in [3.63, 3.8) is 0 Å². The van der Waals surface area contributed by atoms with Crippen LogP contribution in [0.4, 0.5) is 0 Å². The van der Waals surface area contributed by atoms with Gasteiger partial charge in [-0.2, -0.15) is 0 Å². The molecule has 0 aliphatic heterocycles. The first-order valence-electron chi connectivity index (χ1n) is 7.71. The van der Waals surface area contributed by atoms with Crippen LogP contribution in [0.25, 0.3) is 0 Å². The summed E-state index contributed by atoms with van der Waals surface area (Å²) in [6.07, 6.45) is 12.9. The number of rotatable bonds is 5. The van der Waals surface area contributed by atoms with Crippen LogP contribution in [0.2, 0.25) is 0 Å². The van der Waals surface area contributed by atoms with Crippen LogP contribution in [0.1, 0.15) is 59.8 Å². The summed E-state index contributed by atoms with van der Waals surface area (Å²) in [6, 6.07) is 0. The second kappa shape index (κ2) is 8.90. The Morgan fingerprint density at radius 2 is 1.62 bits per heavy atom. The smallest absolute Gasteiger partial charge is 0.147 e. The molecule has 2 rings (SSSR count). The summed E-state index contributed by atoms with van der Waals surface area (Å²) < 4.78 is 1.73. The monoisotopic (exact) mass is 403 g/mol. The maximum atomic E-state index is 2.38. The van der Waals surface area contributed by atoms with Crippen LogP contribution in [-0.2, 0) is 24.7 Å². The summed E-state index contributed by atoms with van der Waals surface area (Å²) >= 11 is 1.62. The van der Waals surface area contributed by atoms with Gasteiger partial charge in [0.15, 0.2) is 0 Å². The molecule has 117 valence electrons. The number of hydrogen-bond acceptors (Lipinski definition) is 0. The third-order valence-corrected chi connectivity index (χ3v) is 6.67. The summed E-state index contributed by atoms with van der Waals surface area (Å²) in [4.78, 5) is 0. The standard InChI is InChI=1S/C18H25.2ClH.Zr/c1-5-14-13-18(8-4,15-11-9-10-12-15)17(7-3)16(14)6-2;;;/h9-11H,5-8,12H2,1-4H3;2*1H;. The van der Waals surface area contributed by atoms with Crippen molar-refractivity contribution in [2.75, 3.05) is 0 Å². The molecule has 0 heterocycles. The van der Waals surface area contributed by atoms with Crippen LogP contribution >= 0.6 is 24.8 Å². The van der Waals surface area contributed by atoms with Gasteiger partial charge in [-0.25, -0.2) is 0 Å². The van der Waals surface area contributed by atoms with E-state index in [0.29, 0.717) is 0 Å². The predicted molar refractivity (Wildman–Crippen MR) is 94.0 cm³/mol. The molecule has 0 saturated heterocycles. The molecule has 3 heteroatoms. The minimum absolute atomic E-state index is 0. The molecule has 1 unspecified atom stereocenters. The first-order valence-corrected chi connectivity index (χ1v) is 8.94. The van der Waals surface area contributed by atoms with Crippen LogP contribution < -0.4 is 0 Å². The van der Waals surface area contributed by atoms with Gasteiger partial charge in [0.05, 0.1) is 0 Å². The quantitative estimate of drug-likeness (QED) is 0.493. The van der Waals surface area contributed by atoms with E-state index in [9.17, 15) is 0 Å². The molecule has 0 bridgehead atoms. The minimum Gasteiger partial charge on any atom is -0.147 e. The zero-order valence-electron chi connectivity index (χ0n) is 13.6. The minimum atomic E-state index is 0. The Balaban J connectivity index is 0.00000200. The van der Waals surface area contributed by atoms with Crippen molar-refractivity contribution in [1.82, 2.24) is 0 Å². The van der Waals surface area contributed by atoms with Gasteiger partial charge in [0.2, 0.25) is 0 Å². The van der Waals surface area contributed by atoms with E-state index in [2.05, 4.69) is 45.9 Å². The van der Waals surface area contributed by atoms with E-state index < -0.39 is 0 Å². The molecule has 0 amide bonds. The SMILES string of the molecule is CCC1=[C]([Zr])C(CC)(C2=CC=CC2)C(CC)=C1CC.Cl.Cl. The third-order valence-electron chi connectivity index (χ3n) is 4.88. The maximum Gasteiger partial charge on any atom is -0.147 e. The predicted octanol–water partition coefficient (Wildman–Crippen LogP) is 6.45. The van der Waals surface area contributed by atoms with Crippen molar-refractivity contribution in [3.8, 4) is 0 Å². The Morgan fingerprint density at radius 3 is 2.00 bits per heavy atom. The van der Waals surface area contributed by atoms with E-state index in [0.717, 1.165) is 6.42 Å². The van der Waals surface area contributed by atoms with Gasteiger partial charge in [-0.3, -0.25) is 0 Å². The average Bonchev–Trinajstić information content (AvgIpc) is 3.03. The third kappa shape index (κ3) is 3.22. The first kappa shape index (κ1) is 21.4. The zero-order valence-corrected chi connectivity index (χ0v) is 17.7. The van der Waals surface area contributed by atoms with Crippen molar-refractivity contribution in [2.45, 2.75) is 59.8 Å². The molecule has 2 aliphatic carbocycles. The Labute approximate surface area is 157 Å². The fourth-order valence-corrected chi connectivity index (χ4v) is 6.07. The number of allylic oxidation sites excluding steroid dienone is 8. The van der Waals surface area contributed by atoms with Gasteiger partial charge in [0, 0.05) is 0 Å². The summed E-state index contributed by atoms with van der Waals surface area (Å²) in [5, 5.41) is 0. The van der Waals surface area contributed by atoms with Gasteiger partial charge < -0.3 is 0 Å². The van der Waals surface area contributed by atoms with E-state index in [4.69, 9.17) is 0 Å². The Hall–Kier alpha value is 0.423. The fourth-order valence-electron chi connectivity index (χ4n) is 4.07. The molecular weight excluding hydrogens is 378 g/mol. The molecule has 0 aromatic heterocycles. The van der Waals surface area contributed by atoms with Crippen molar-refractivity contribution in [1.29, 1.82) is 0 Å². The molecule has 0 fully saturated rings. The normalized spacial score (nSPS) is 24.0. The van der Waals surface area contributed by atoms with E-state index in [1.54, 1.807) is 50.3 Å². The fraction of sp³-hybridized carbons (Fsp3) is 0.556. The Kier molecular flexibility index (Phi) is 9.08. The molecule has 0 saturated carbocycles. The molecule has 0 spiro atoms. The number of hydrogen-bond donors (Lipinski definition) is 0. The molecule has 1 atom stereocenters. The summed E-state index contributed by atoms with van der Waals surface area (Å²) in [5.41, 5.74) is 7.04. The summed E-state index contributed by atoms with van der Waals surface area (Å²) in [7, 11) is 0. The van der Waals surface area contributed by atoms with Gasteiger partial charge in [0.25, 0.3) is 0 Å². The summed E-state index contributed by atoms with van der Waals surface area (Å²) in [5.74, 6) is 0. The van der Waals surface area contributed by atoms with E-state index in [1.165, 1.54) is 25.7 Å². The van der Waals surface area contributed by atoms with Gasteiger partial charge in [-0.15, -0.1) is 24.8 Å². The van der Waals surface area contributed by atoms with Crippen molar-refractivity contribution in [2.24, 2.45) is 5.41 Å². The molecule has 2 aliphatic rings. The second-order valence-electron chi connectivity index (χ2n) is 5.45. The Morgan fingerprint density at radius 1 is 1.00 bits per heavy atom. The molecule has 21 heavy (non-hydrogen) atoms. The van der Waals surface area contributed by atoms with Gasteiger partial charge in [0.1, 0.15) is 0 Å². The molecule has 0 N–H and O–H groups in total. The van der Waals surface area contributed by atoms with Crippen molar-refractivity contribution < 1.29 is 24.7 Å². The van der Waals surface area contributed by atoms with Crippen LogP contribution in [0.5, 0.6) is 0 Å². The first-order chi connectivity index (χ1) is 9.17. The largest absolute Gasteiger partial charge is 0.147 e. The molecule has 0 nitrogen and oxygen atoms in total.